The Balaban J connectivity index is 1.68. The summed E-state index contributed by atoms with van der Waals surface area (Å²) in [5.74, 6) is 0.666. The van der Waals surface area contributed by atoms with Crippen molar-refractivity contribution >= 4 is 21.6 Å². The van der Waals surface area contributed by atoms with E-state index in [0.29, 0.717) is 25.3 Å². The van der Waals surface area contributed by atoms with Crippen molar-refractivity contribution < 1.29 is 17.9 Å². The summed E-state index contributed by atoms with van der Waals surface area (Å²) in [6.07, 6.45) is 4.03. The molecule has 0 spiro atoms. The number of sulfonamides is 1. The van der Waals surface area contributed by atoms with Crippen molar-refractivity contribution in [1.29, 1.82) is 0 Å². The number of benzene rings is 2. The Labute approximate surface area is 173 Å². The van der Waals surface area contributed by atoms with Crippen LogP contribution in [0.5, 0.6) is 5.75 Å². The van der Waals surface area contributed by atoms with Crippen molar-refractivity contribution in [2.75, 3.05) is 30.3 Å². The lowest BCUT2D eigenvalue weighted by Crippen LogP contribution is -2.32. The fourth-order valence-corrected chi connectivity index (χ4v) is 3.92. The summed E-state index contributed by atoms with van der Waals surface area (Å²) in [5.41, 5.74) is 1.89. The molecule has 0 atom stereocenters. The van der Waals surface area contributed by atoms with Gasteiger partial charge in [-0.15, -0.1) is 0 Å². The summed E-state index contributed by atoms with van der Waals surface area (Å²) in [4.78, 5) is 12.0. The summed E-state index contributed by atoms with van der Waals surface area (Å²) in [6.45, 7) is 3.20. The van der Waals surface area contributed by atoms with Crippen molar-refractivity contribution in [3.63, 3.8) is 0 Å². The number of hydrogen-bond acceptors (Lipinski definition) is 4. The molecule has 2 aromatic carbocycles. The molecule has 7 heteroatoms. The fraction of sp³-hybridized carbons (Fsp3) is 0.409. The third-order valence-corrected chi connectivity index (χ3v) is 5.56. The van der Waals surface area contributed by atoms with Crippen LogP contribution in [-0.4, -0.2) is 40.3 Å². The van der Waals surface area contributed by atoms with E-state index in [2.05, 4.69) is 24.4 Å². The first-order chi connectivity index (χ1) is 13.9. The topological polar surface area (TPSA) is 75.7 Å². The summed E-state index contributed by atoms with van der Waals surface area (Å²) >= 11 is 0. The van der Waals surface area contributed by atoms with Crippen LogP contribution < -0.4 is 14.4 Å². The predicted octanol–water partition coefficient (Wildman–Crippen LogP) is 3.38. The number of anilines is 1. The van der Waals surface area contributed by atoms with Crippen molar-refractivity contribution in [2.45, 2.75) is 32.6 Å². The third kappa shape index (κ3) is 8.15. The molecule has 0 aliphatic carbocycles. The van der Waals surface area contributed by atoms with Gasteiger partial charge in [0.2, 0.25) is 15.9 Å². The standard InChI is InChI=1S/C22H30N2O4S/c1-3-8-19-12-14-21(15-13-19)28-18-16-23-22(25)11-7-17-24(29(2,26)27)20-9-5-4-6-10-20/h4-6,9-10,12-15H,3,7-8,11,16-18H2,1-2H3,(H,23,25). The van der Waals surface area contributed by atoms with Crippen LogP contribution in [0.3, 0.4) is 0 Å². The van der Waals surface area contributed by atoms with Crippen LogP contribution in [0.4, 0.5) is 5.69 Å². The van der Waals surface area contributed by atoms with Gasteiger partial charge in [0.25, 0.3) is 0 Å². The Kier molecular flexibility index (Phi) is 8.99. The highest BCUT2D eigenvalue weighted by Crippen LogP contribution is 2.17. The minimum atomic E-state index is -3.39. The van der Waals surface area contributed by atoms with E-state index in [9.17, 15) is 13.2 Å². The molecule has 2 rings (SSSR count). The van der Waals surface area contributed by atoms with Crippen molar-refractivity contribution in [2.24, 2.45) is 0 Å². The van der Waals surface area contributed by atoms with Gasteiger partial charge in [-0.3, -0.25) is 9.10 Å². The number of ether oxygens (including phenoxy) is 1. The molecule has 1 N–H and O–H groups in total. The number of aryl methyl sites for hydroxylation is 1. The lowest BCUT2D eigenvalue weighted by molar-refractivity contribution is -0.121. The van der Waals surface area contributed by atoms with Gasteiger partial charge in [-0.1, -0.05) is 43.7 Å². The number of amides is 1. The molecule has 0 aromatic heterocycles. The molecule has 0 unspecified atom stereocenters. The lowest BCUT2D eigenvalue weighted by Gasteiger charge is -2.22. The molecule has 29 heavy (non-hydrogen) atoms. The molecule has 2 aromatic rings. The van der Waals surface area contributed by atoms with E-state index in [1.165, 1.54) is 16.1 Å². The monoisotopic (exact) mass is 418 g/mol. The Bertz CT molecular complexity index is 852. The second-order valence-corrected chi connectivity index (χ2v) is 8.77. The number of carbonyl (C=O) groups is 1. The quantitative estimate of drug-likeness (QED) is 0.536. The zero-order valence-corrected chi connectivity index (χ0v) is 18.0. The molecule has 0 saturated heterocycles. The normalized spacial score (nSPS) is 11.1. The van der Waals surface area contributed by atoms with Crippen molar-refractivity contribution in [3.05, 3.63) is 60.2 Å². The molecule has 1 amide bonds. The second-order valence-electron chi connectivity index (χ2n) is 6.87. The molecular weight excluding hydrogens is 388 g/mol. The van der Waals surface area contributed by atoms with E-state index in [-0.39, 0.29) is 18.9 Å². The van der Waals surface area contributed by atoms with Crippen LogP contribution in [0.1, 0.15) is 31.7 Å². The van der Waals surface area contributed by atoms with Gasteiger partial charge >= 0.3 is 0 Å². The molecular formula is C22H30N2O4S. The Morgan fingerprint density at radius 2 is 1.76 bits per heavy atom. The Hall–Kier alpha value is -2.54. The second kappa shape index (κ2) is 11.5. The first kappa shape index (κ1) is 22.7. The smallest absolute Gasteiger partial charge is 0.232 e. The predicted molar refractivity (Wildman–Crippen MR) is 117 cm³/mol. The molecule has 6 nitrogen and oxygen atoms in total. The molecule has 0 aliphatic heterocycles. The van der Waals surface area contributed by atoms with Crippen LogP contribution in [0.25, 0.3) is 0 Å². The fourth-order valence-electron chi connectivity index (χ4n) is 2.95. The highest BCUT2D eigenvalue weighted by Gasteiger charge is 2.17. The molecule has 0 saturated carbocycles. The molecule has 0 radical (unpaired) electrons. The van der Waals surface area contributed by atoms with Gasteiger partial charge in [-0.05, 0) is 42.7 Å². The lowest BCUT2D eigenvalue weighted by atomic mass is 10.1. The Morgan fingerprint density at radius 1 is 1.07 bits per heavy atom. The number of hydrogen-bond donors (Lipinski definition) is 1. The van der Waals surface area contributed by atoms with E-state index >= 15 is 0 Å². The first-order valence-corrected chi connectivity index (χ1v) is 11.8. The maximum atomic E-state index is 12.0. The SMILES string of the molecule is CCCc1ccc(OCCNC(=O)CCCN(c2ccccc2)S(C)(=O)=O)cc1. The zero-order valence-electron chi connectivity index (χ0n) is 17.1. The number of nitrogens with zero attached hydrogens (tertiary/aromatic N) is 1. The van der Waals surface area contributed by atoms with Gasteiger partial charge in [0, 0.05) is 13.0 Å². The molecule has 158 valence electrons. The van der Waals surface area contributed by atoms with E-state index < -0.39 is 10.0 Å². The molecule has 0 bridgehead atoms. The van der Waals surface area contributed by atoms with Gasteiger partial charge in [-0.25, -0.2) is 8.42 Å². The highest BCUT2D eigenvalue weighted by atomic mass is 32.2. The zero-order chi connectivity index (χ0) is 21.1. The summed E-state index contributed by atoms with van der Waals surface area (Å²) < 4.78 is 31.0. The maximum absolute atomic E-state index is 12.0. The Morgan fingerprint density at radius 3 is 2.38 bits per heavy atom. The molecule has 0 aliphatic rings. The van der Waals surface area contributed by atoms with Crippen LogP contribution in [-0.2, 0) is 21.2 Å². The van der Waals surface area contributed by atoms with Crippen LogP contribution in [0.15, 0.2) is 54.6 Å². The van der Waals surface area contributed by atoms with E-state index in [4.69, 9.17) is 4.74 Å². The van der Waals surface area contributed by atoms with Crippen LogP contribution >= 0.6 is 0 Å². The summed E-state index contributed by atoms with van der Waals surface area (Å²) in [7, 11) is -3.39. The largest absolute Gasteiger partial charge is 0.492 e. The first-order valence-electron chi connectivity index (χ1n) is 9.91. The van der Waals surface area contributed by atoms with Gasteiger partial charge in [-0.2, -0.15) is 0 Å². The minimum absolute atomic E-state index is 0.117. The average molecular weight is 419 g/mol. The number of nitrogens with one attached hydrogen (secondary N) is 1. The van der Waals surface area contributed by atoms with E-state index in [1.807, 2.05) is 18.2 Å². The molecule has 0 fully saturated rings. The highest BCUT2D eigenvalue weighted by molar-refractivity contribution is 7.92. The van der Waals surface area contributed by atoms with Gasteiger partial charge < -0.3 is 10.1 Å². The summed E-state index contributed by atoms with van der Waals surface area (Å²) in [5, 5.41) is 2.80. The number of rotatable bonds is 12. The van der Waals surface area contributed by atoms with Crippen LogP contribution in [0.2, 0.25) is 0 Å². The summed E-state index contributed by atoms with van der Waals surface area (Å²) in [6, 6.07) is 16.9. The molecule has 0 heterocycles. The van der Waals surface area contributed by atoms with Gasteiger partial charge in [0.05, 0.1) is 18.5 Å². The maximum Gasteiger partial charge on any atom is 0.232 e. The van der Waals surface area contributed by atoms with Crippen molar-refractivity contribution in [3.8, 4) is 5.75 Å². The minimum Gasteiger partial charge on any atom is -0.492 e. The van der Waals surface area contributed by atoms with E-state index in [1.54, 1.807) is 24.3 Å². The van der Waals surface area contributed by atoms with Gasteiger partial charge in [0.15, 0.2) is 0 Å². The number of carbonyl (C=O) groups excluding carboxylic acids is 1. The van der Waals surface area contributed by atoms with Gasteiger partial charge in [0.1, 0.15) is 12.4 Å². The number of para-hydroxylation sites is 1. The average Bonchev–Trinajstić information content (AvgIpc) is 2.70. The van der Waals surface area contributed by atoms with E-state index in [0.717, 1.165) is 18.6 Å². The van der Waals surface area contributed by atoms with Crippen LogP contribution in [0, 0.1) is 0 Å². The third-order valence-electron chi connectivity index (χ3n) is 4.36. The van der Waals surface area contributed by atoms with Crippen molar-refractivity contribution in [1.82, 2.24) is 5.32 Å².